The van der Waals surface area contributed by atoms with Gasteiger partial charge >= 0.3 is 0 Å². The average Bonchev–Trinajstić information content (AvgIpc) is 2.70. The third-order valence-electron chi connectivity index (χ3n) is 4.09. The van der Waals surface area contributed by atoms with Crippen molar-refractivity contribution in [2.24, 2.45) is 5.92 Å². The Kier molecular flexibility index (Phi) is 2.71. The van der Waals surface area contributed by atoms with E-state index in [0.29, 0.717) is 6.42 Å². The lowest BCUT2D eigenvalue weighted by atomic mass is 10.0. The topological polar surface area (TPSA) is 54.5 Å². The molecule has 3 rings (SSSR count). The van der Waals surface area contributed by atoms with Crippen LogP contribution in [0.3, 0.4) is 0 Å². The molecule has 0 radical (unpaired) electrons. The van der Waals surface area contributed by atoms with Gasteiger partial charge in [-0.15, -0.1) is 0 Å². The van der Waals surface area contributed by atoms with Crippen molar-refractivity contribution in [2.75, 3.05) is 16.4 Å². The number of benzene rings is 1. The van der Waals surface area contributed by atoms with Crippen molar-refractivity contribution in [3.05, 3.63) is 29.3 Å². The summed E-state index contributed by atoms with van der Waals surface area (Å²) in [7, 11) is -2.98. The van der Waals surface area contributed by atoms with E-state index in [1.54, 1.807) is 4.90 Å². The maximum atomic E-state index is 12.2. The van der Waals surface area contributed by atoms with Gasteiger partial charge in [0.1, 0.15) is 0 Å². The summed E-state index contributed by atoms with van der Waals surface area (Å²) in [5.41, 5.74) is 3.03. The molecule has 2 aliphatic rings. The van der Waals surface area contributed by atoms with Crippen molar-refractivity contribution in [2.45, 2.75) is 26.3 Å². The largest absolute Gasteiger partial charge is 0.308 e. The number of sulfone groups is 1. The smallest absolute Gasteiger partial charge is 0.227 e. The summed E-state index contributed by atoms with van der Waals surface area (Å²) >= 11 is 0. The SMILES string of the molecule is Cc1ccc(N2C(=O)C[C@@H]3CS(=O)(=O)C[C@@H]32)c(C)c1. The standard InChI is InChI=1S/C14H17NO3S/c1-9-3-4-12(10(2)5-9)15-13-8-19(17,18)7-11(13)6-14(15)16/h3-5,11,13H,6-8H2,1-2H3/t11-,13+/m1/s1. The van der Waals surface area contributed by atoms with Crippen LogP contribution in [0.4, 0.5) is 5.69 Å². The molecule has 4 nitrogen and oxygen atoms in total. The van der Waals surface area contributed by atoms with Crippen molar-refractivity contribution in [3.63, 3.8) is 0 Å². The highest BCUT2D eigenvalue weighted by Gasteiger charge is 2.49. The average molecular weight is 279 g/mol. The van der Waals surface area contributed by atoms with Gasteiger partial charge in [0.25, 0.3) is 0 Å². The first-order chi connectivity index (χ1) is 8.87. The third-order valence-corrected chi connectivity index (χ3v) is 5.87. The molecule has 1 aromatic carbocycles. The van der Waals surface area contributed by atoms with E-state index >= 15 is 0 Å². The number of anilines is 1. The summed E-state index contributed by atoms with van der Waals surface area (Å²) in [6, 6.07) is 5.75. The van der Waals surface area contributed by atoms with E-state index in [4.69, 9.17) is 0 Å². The lowest BCUT2D eigenvalue weighted by Gasteiger charge is -2.25. The molecule has 0 N–H and O–H groups in total. The van der Waals surface area contributed by atoms with E-state index in [0.717, 1.165) is 16.8 Å². The first-order valence-electron chi connectivity index (χ1n) is 6.47. The second-order valence-corrected chi connectivity index (χ2v) is 7.82. The highest BCUT2D eigenvalue weighted by Crippen LogP contribution is 2.38. The first kappa shape index (κ1) is 12.7. The number of rotatable bonds is 1. The van der Waals surface area contributed by atoms with Crippen molar-refractivity contribution in [1.82, 2.24) is 0 Å². The Hall–Kier alpha value is -1.36. The molecule has 0 unspecified atom stereocenters. The minimum atomic E-state index is -2.98. The fraction of sp³-hybridized carbons (Fsp3) is 0.500. The second-order valence-electron chi connectivity index (χ2n) is 5.66. The molecular formula is C14H17NO3S. The summed E-state index contributed by atoms with van der Waals surface area (Å²) in [6.07, 6.45) is 0.358. The minimum absolute atomic E-state index is 0.0294. The molecule has 0 aliphatic carbocycles. The number of carbonyl (C=O) groups excluding carboxylic acids is 1. The quantitative estimate of drug-likeness (QED) is 0.782. The molecule has 0 saturated carbocycles. The van der Waals surface area contributed by atoms with Gasteiger partial charge in [-0.3, -0.25) is 4.79 Å². The Morgan fingerprint density at radius 1 is 1.21 bits per heavy atom. The van der Waals surface area contributed by atoms with Crippen LogP contribution in [-0.2, 0) is 14.6 Å². The van der Waals surface area contributed by atoms with Crippen LogP contribution in [0.15, 0.2) is 18.2 Å². The normalized spacial score (nSPS) is 28.7. The Bertz CT molecular complexity index is 651. The number of carbonyl (C=O) groups is 1. The van der Waals surface area contributed by atoms with E-state index in [1.165, 1.54) is 0 Å². The third kappa shape index (κ3) is 2.06. The number of aryl methyl sites for hydroxylation is 2. The van der Waals surface area contributed by atoms with Gasteiger partial charge in [0, 0.05) is 18.0 Å². The van der Waals surface area contributed by atoms with Gasteiger partial charge < -0.3 is 4.90 Å². The number of fused-ring (bicyclic) bond motifs is 1. The molecule has 5 heteroatoms. The van der Waals surface area contributed by atoms with Crippen LogP contribution in [0, 0.1) is 19.8 Å². The zero-order valence-electron chi connectivity index (χ0n) is 11.1. The Morgan fingerprint density at radius 2 is 1.95 bits per heavy atom. The van der Waals surface area contributed by atoms with Crippen molar-refractivity contribution in [3.8, 4) is 0 Å². The van der Waals surface area contributed by atoms with Crippen LogP contribution < -0.4 is 4.90 Å². The summed E-state index contributed by atoms with van der Waals surface area (Å²) in [4.78, 5) is 13.9. The zero-order chi connectivity index (χ0) is 13.8. The van der Waals surface area contributed by atoms with Crippen LogP contribution in [0.2, 0.25) is 0 Å². The van der Waals surface area contributed by atoms with Crippen LogP contribution in [0.5, 0.6) is 0 Å². The monoisotopic (exact) mass is 279 g/mol. The van der Waals surface area contributed by atoms with E-state index in [-0.39, 0.29) is 29.4 Å². The van der Waals surface area contributed by atoms with E-state index < -0.39 is 9.84 Å². The Morgan fingerprint density at radius 3 is 2.63 bits per heavy atom. The van der Waals surface area contributed by atoms with Gasteiger partial charge in [0.15, 0.2) is 9.84 Å². The Balaban J connectivity index is 2.02. The molecule has 19 heavy (non-hydrogen) atoms. The van der Waals surface area contributed by atoms with Gasteiger partial charge in [0.2, 0.25) is 5.91 Å². The van der Waals surface area contributed by atoms with Gasteiger partial charge in [0.05, 0.1) is 17.5 Å². The molecule has 102 valence electrons. The molecule has 2 fully saturated rings. The predicted molar refractivity (Wildman–Crippen MR) is 74.0 cm³/mol. The summed E-state index contributed by atoms with van der Waals surface area (Å²) in [5, 5.41) is 0. The summed E-state index contributed by atoms with van der Waals surface area (Å²) in [5.74, 6) is 0.289. The molecule has 0 aromatic heterocycles. The van der Waals surface area contributed by atoms with Crippen molar-refractivity contribution < 1.29 is 13.2 Å². The summed E-state index contributed by atoms with van der Waals surface area (Å²) in [6.45, 7) is 3.97. The fourth-order valence-electron chi connectivity index (χ4n) is 3.28. The van der Waals surface area contributed by atoms with Gasteiger partial charge in [-0.25, -0.2) is 8.42 Å². The molecule has 2 atom stereocenters. The van der Waals surface area contributed by atoms with Crippen LogP contribution in [-0.4, -0.2) is 31.9 Å². The molecule has 1 amide bonds. The summed E-state index contributed by atoms with van der Waals surface area (Å²) < 4.78 is 23.5. The molecule has 0 bridgehead atoms. The maximum absolute atomic E-state index is 12.2. The predicted octanol–water partition coefficient (Wildman–Crippen LogP) is 1.45. The molecule has 2 saturated heterocycles. The molecule has 0 spiro atoms. The molecule has 2 aliphatic heterocycles. The van der Waals surface area contributed by atoms with Gasteiger partial charge in [-0.2, -0.15) is 0 Å². The highest BCUT2D eigenvalue weighted by atomic mass is 32.2. The zero-order valence-corrected chi connectivity index (χ0v) is 11.9. The number of hydrogen-bond acceptors (Lipinski definition) is 3. The number of nitrogens with zero attached hydrogens (tertiary/aromatic N) is 1. The van der Waals surface area contributed by atoms with Crippen molar-refractivity contribution in [1.29, 1.82) is 0 Å². The maximum Gasteiger partial charge on any atom is 0.227 e. The first-order valence-corrected chi connectivity index (χ1v) is 8.29. The lowest BCUT2D eigenvalue weighted by Crippen LogP contribution is -2.36. The lowest BCUT2D eigenvalue weighted by molar-refractivity contribution is -0.117. The molecule has 2 heterocycles. The molecule has 1 aromatic rings. The minimum Gasteiger partial charge on any atom is -0.308 e. The van der Waals surface area contributed by atoms with Crippen molar-refractivity contribution >= 4 is 21.4 Å². The second kappa shape index (κ2) is 4.07. The van der Waals surface area contributed by atoms with E-state index in [2.05, 4.69) is 0 Å². The van der Waals surface area contributed by atoms with Gasteiger partial charge in [-0.1, -0.05) is 17.7 Å². The fourth-order valence-corrected chi connectivity index (χ4v) is 5.35. The highest BCUT2D eigenvalue weighted by molar-refractivity contribution is 7.91. The number of amides is 1. The number of hydrogen-bond donors (Lipinski definition) is 0. The van der Waals surface area contributed by atoms with Gasteiger partial charge in [-0.05, 0) is 25.5 Å². The Labute approximate surface area is 113 Å². The van der Waals surface area contributed by atoms with Crippen LogP contribution >= 0.6 is 0 Å². The van der Waals surface area contributed by atoms with Crippen LogP contribution in [0.1, 0.15) is 17.5 Å². The van der Waals surface area contributed by atoms with Crippen LogP contribution in [0.25, 0.3) is 0 Å². The van der Waals surface area contributed by atoms with E-state index in [1.807, 2.05) is 32.0 Å². The van der Waals surface area contributed by atoms with E-state index in [9.17, 15) is 13.2 Å². The molecular weight excluding hydrogens is 262 g/mol.